The van der Waals surface area contributed by atoms with Crippen LogP contribution in [0.1, 0.15) is 28.6 Å². The number of nitrogens with one attached hydrogen (secondary N) is 1. The predicted octanol–water partition coefficient (Wildman–Crippen LogP) is 0.549. The van der Waals surface area contributed by atoms with Crippen molar-refractivity contribution >= 4 is 11.9 Å². The Bertz CT molecular complexity index is 546. The van der Waals surface area contributed by atoms with Gasteiger partial charge < -0.3 is 20.2 Å². The zero-order valence-electron chi connectivity index (χ0n) is 11.1. The molecule has 0 saturated carbocycles. The van der Waals surface area contributed by atoms with Crippen LogP contribution < -0.4 is 5.32 Å². The summed E-state index contributed by atoms with van der Waals surface area (Å²) in [6.45, 7) is 2.16. The summed E-state index contributed by atoms with van der Waals surface area (Å²) in [6, 6.07) is 6.96. The minimum Gasteiger partial charge on any atom is -0.369 e. The van der Waals surface area contributed by atoms with Gasteiger partial charge in [-0.15, -0.1) is 0 Å². The number of amides is 3. The first-order chi connectivity index (χ1) is 9.68. The maximum Gasteiger partial charge on any atom is 0.317 e. The molecule has 0 radical (unpaired) electrons. The van der Waals surface area contributed by atoms with Crippen molar-refractivity contribution in [3.05, 3.63) is 35.4 Å². The van der Waals surface area contributed by atoms with Crippen LogP contribution in [0, 0.1) is 0 Å². The molecule has 0 bridgehead atoms. The molecule has 1 saturated heterocycles. The van der Waals surface area contributed by atoms with E-state index in [9.17, 15) is 14.7 Å². The van der Waals surface area contributed by atoms with Gasteiger partial charge in [0.2, 0.25) is 0 Å². The van der Waals surface area contributed by atoms with Crippen molar-refractivity contribution in [1.82, 2.24) is 15.1 Å². The van der Waals surface area contributed by atoms with Crippen molar-refractivity contribution < 1.29 is 14.7 Å². The van der Waals surface area contributed by atoms with Crippen LogP contribution in [0.3, 0.4) is 0 Å². The lowest BCUT2D eigenvalue weighted by atomic mass is 10.1. The van der Waals surface area contributed by atoms with Gasteiger partial charge in [0.1, 0.15) is 0 Å². The number of carbonyl (C=O) groups is 2. The zero-order chi connectivity index (χ0) is 14.1. The van der Waals surface area contributed by atoms with Crippen LogP contribution in [-0.2, 0) is 0 Å². The number of urea groups is 1. The minimum atomic E-state index is -0.911. The molecule has 2 aliphatic rings. The highest BCUT2D eigenvalue weighted by atomic mass is 16.3. The van der Waals surface area contributed by atoms with Gasteiger partial charge in [0.05, 0.1) is 0 Å². The van der Waals surface area contributed by atoms with Crippen LogP contribution in [0.2, 0.25) is 0 Å². The highest BCUT2D eigenvalue weighted by molar-refractivity contribution is 5.98. The van der Waals surface area contributed by atoms with Crippen LogP contribution >= 0.6 is 0 Å². The third kappa shape index (κ3) is 2.12. The molecule has 1 unspecified atom stereocenters. The molecule has 2 N–H and O–H groups in total. The number of rotatable bonds is 3. The normalized spacial score (nSPS) is 21.9. The third-order valence-electron chi connectivity index (χ3n) is 3.80. The van der Waals surface area contributed by atoms with Crippen LogP contribution in [0.15, 0.2) is 24.3 Å². The molecule has 0 aromatic heterocycles. The van der Waals surface area contributed by atoms with E-state index >= 15 is 0 Å². The van der Waals surface area contributed by atoms with Gasteiger partial charge in [-0.1, -0.05) is 18.2 Å². The third-order valence-corrected chi connectivity index (χ3v) is 3.80. The Morgan fingerprint density at radius 2 is 2.05 bits per heavy atom. The Labute approximate surface area is 117 Å². The molecular weight excluding hydrogens is 258 g/mol. The van der Waals surface area contributed by atoms with Crippen molar-refractivity contribution in [2.24, 2.45) is 0 Å². The molecule has 6 nitrogen and oxygen atoms in total. The molecule has 3 amide bonds. The van der Waals surface area contributed by atoms with E-state index in [4.69, 9.17) is 0 Å². The Morgan fingerprint density at radius 1 is 1.25 bits per heavy atom. The lowest BCUT2D eigenvalue weighted by molar-refractivity contribution is 0.0146. The molecule has 6 heteroatoms. The smallest absolute Gasteiger partial charge is 0.317 e. The van der Waals surface area contributed by atoms with Crippen LogP contribution in [-0.4, -0.2) is 53.0 Å². The molecule has 3 rings (SSSR count). The Morgan fingerprint density at radius 3 is 2.80 bits per heavy atom. The molecule has 2 aliphatic heterocycles. The number of hydrogen-bond acceptors (Lipinski definition) is 3. The van der Waals surface area contributed by atoms with Crippen molar-refractivity contribution in [1.29, 1.82) is 0 Å². The SMILES string of the molecule is O=C1NCCCN1CCN1C(=O)c2ccccc2C1O. The summed E-state index contributed by atoms with van der Waals surface area (Å²) < 4.78 is 0. The van der Waals surface area contributed by atoms with E-state index in [2.05, 4.69) is 5.32 Å². The largest absolute Gasteiger partial charge is 0.369 e. The first-order valence-corrected chi connectivity index (χ1v) is 6.79. The minimum absolute atomic E-state index is 0.102. The van der Waals surface area contributed by atoms with Gasteiger partial charge in [-0.3, -0.25) is 4.79 Å². The van der Waals surface area contributed by atoms with E-state index in [0.29, 0.717) is 37.3 Å². The number of carbonyl (C=O) groups excluding carboxylic acids is 2. The summed E-state index contributed by atoms with van der Waals surface area (Å²) in [5.41, 5.74) is 1.18. The van der Waals surface area contributed by atoms with Crippen LogP contribution in [0.5, 0.6) is 0 Å². The Hall–Kier alpha value is -2.08. The average Bonchev–Trinajstić information content (AvgIpc) is 2.71. The first-order valence-electron chi connectivity index (χ1n) is 6.79. The second-order valence-corrected chi connectivity index (χ2v) is 5.03. The van der Waals surface area contributed by atoms with Crippen molar-refractivity contribution in [2.45, 2.75) is 12.6 Å². The van der Waals surface area contributed by atoms with E-state index in [1.807, 2.05) is 0 Å². The van der Waals surface area contributed by atoms with E-state index < -0.39 is 6.23 Å². The maximum absolute atomic E-state index is 12.2. The molecule has 1 fully saturated rings. The van der Waals surface area contributed by atoms with Gasteiger partial charge in [0.15, 0.2) is 6.23 Å². The van der Waals surface area contributed by atoms with E-state index in [0.717, 1.165) is 6.42 Å². The molecule has 0 aliphatic carbocycles. The van der Waals surface area contributed by atoms with Gasteiger partial charge in [0, 0.05) is 37.3 Å². The summed E-state index contributed by atoms with van der Waals surface area (Å²) in [5.74, 6) is -0.175. The van der Waals surface area contributed by atoms with E-state index in [-0.39, 0.29) is 11.9 Å². The van der Waals surface area contributed by atoms with Gasteiger partial charge >= 0.3 is 6.03 Å². The van der Waals surface area contributed by atoms with Gasteiger partial charge in [-0.05, 0) is 12.5 Å². The number of aliphatic hydroxyl groups is 1. The number of hydrogen-bond donors (Lipinski definition) is 2. The molecular formula is C14H17N3O3. The molecule has 20 heavy (non-hydrogen) atoms. The monoisotopic (exact) mass is 275 g/mol. The second kappa shape index (κ2) is 5.13. The summed E-state index contributed by atoms with van der Waals surface area (Å²) >= 11 is 0. The van der Waals surface area contributed by atoms with Crippen molar-refractivity contribution in [2.75, 3.05) is 26.2 Å². The Balaban J connectivity index is 1.67. The lowest BCUT2D eigenvalue weighted by Gasteiger charge is -2.30. The number of benzene rings is 1. The number of fused-ring (bicyclic) bond motifs is 1. The van der Waals surface area contributed by atoms with Gasteiger partial charge in [0.25, 0.3) is 5.91 Å². The standard InChI is InChI=1S/C14H17N3O3/c18-12-10-4-1-2-5-11(10)13(19)17(12)9-8-16-7-3-6-15-14(16)20/h1-2,4-5,12,18H,3,6-9H2,(H,15,20). The lowest BCUT2D eigenvalue weighted by Crippen LogP contribution is -2.49. The molecule has 1 aromatic rings. The molecule has 0 spiro atoms. The van der Waals surface area contributed by atoms with Crippen molar-refractivity contribution in [3.8, 4) is 0 Å². The summed E-state index contributed by atoms with van der Waals surface area (Å²) in [6.07, 6.45) is -0.00538. The maximum atomic E-state index is 12.2. The van der Waals surface area contributed by atoms with E-state index in [1.54, 1.807) is 29.2 Å². The molecule has 2 heterocycles. The summed E-state index contributed by atoms with van der Waals surface area (Å²) in [5, 5.41) is 13.0. The van der Waals surface area contributed by atoms with E-state index in [1.165, 1.54) is 4.90 Å². The highest BCUT2D eigenvalue weighted by Gasteiger charge is 2.35. The summed E-state index contributed by atoms with van der Waals surface area (Å²) in [4.78, 5) is 26.9. The second-order valence-electron chi connectivity index (χ2n) is 5.03. The van der Waals surface area contributed by atoms with Gasteiger partial charge in [-0.25, -0.2) is 4.79 Å². The number of nitrogens with zero attached hydrogens (tertiary/aromatic N) is 2. The zero-order valence-corrected chi connectivity index (χ0v) is 11.1. The molecule has 1 atom stereocenters. The molecule has 106 valence electrons. The van der Waals surface area contributed by atoms with Crippen LogP contribution in [0.25, 0.3) is 0 Å². The quantitative estimate of drug-likeness (QED) is 0.846. The van der Waals surface area contributed by atoms with Gasteiger partial charge in [-0.2, -0.15) is 0 Å². The topological polar surface area (TPSA) is 72.9 Å². The number of aliphatic hydroxyl groups excluding tert-OH is 1. The average molecular weight is 275 g/mol. The van der Waals surface area contributed by atoms with Crippen LogP contribution in [0.4, 0.5) is 4.79 Å². The highest BCUT2D eigenvalue weighted by Crippen LogP contribution is 2.30. The fourth-order valence-corrected chi connectivity index (χ4v) is 2.69. The Kier molecular flexibility index (Phi) is 3.31. The fourth-order valence-electron chi connectivity index (χ4n) is 2.69. The molecule has 1 aromatic carbocycles. The fraction of sp³-hybridized carbons (Fsp3) is 0.429. The van der Waals surface area contributed by atoms with Crippen molar-refractivity contribution in [3.63, 3.8) is 0 Å². The predicted molar refractivity (Wildman–Crippen MR) is 72.0 cm³/mol. The first kappa shape index (κ1) is 12.9. The summed E-state index contributed by atoms with van der Waals surface area (Å²) in [7, 11) is 0.